The number of nitrogens with zero attached hydrogens (tertiary/aromatic N) is 1. The molecule has 0 spiro atoms. The fourth-order valence-electron chi connectivity index (χ4n) is 0.200. The highest BCUT2D eigenvalue weighted by molar-refractivity contribution is 6.14. The Morgan fingerprint density at radius 3 is 1.89 bits per heavy atom. The molecule has 0 fully saturated rings. The second kappa shape index (κ2) is 2.28. The summed E-state index contributed by atoms with van der Waals surface area (Å²) in [6, 6.07) is 0. The van der Waals surface area contributed by atoms with Crippen LogP contribution in [0.1, 0.15) is 0 Å². The minimum atomic E-state index is -4.86. The number of halogens is 3. The number of hydrogen-bond acceptors (Lipinski definition) is 1. The molecule has 0 N–H and O–H groups in total. The van der Waals surface area contributed by atoms with E-state index in [1.807, 2.05) is 0 Å². The molecule has 0 atom stereocenters. The molecule has 0 aromatic carbocycles. The number of hydrogen-bond donors (Lipinski definition) is 0. The normalized spacial score (nSPS) is 11.1. The SMILES string of the molecule is [B]N(C)C(=O)C(F)(F)F. The van der Waals surface area contributed by atoms with Crippen LogP contribution in [0.3, 0.4) is 0 Å². The molecule has 0 aliphatic rings. The Morgan fingerprint density at radius 1 is 1.56 bits per heavy atom. The summed E-state index contributed by atoms with van der Waals surface area (Å²) < 4.78 is 33.7. The fraction of sp³-hybridized carbons (Fsp3) is 0.667. The molecule has 0 aromatic rings. The molecule has 0 unspecified atom stereocenters. The van der Waals surface area contributed by atoms with Gasteiger partial charge in [-0.3, -0.25) is 4.79 Å². The van der Waals surface area contributed by atoms with Crippen LogP contribution in [0.2, 0.25) is 0 Å². The van der Waals surface area contributed by atoms with Crippen molar-refractivity contribution in [3.63, 3.8) is 0 Å². The Balaban J connectivity index is 4.06. The molecule has 0 aliphatic heterocycles. The van der Waals surface area contributed by atoms with Gasteiger partial charge in [0.2, 0.25) is 7.98 Å². The van der Waals surface area contributed by atoms with Crippen LogP contribution in [0, 0.1) is 0 Å². The van der Waals surface area contributed by atoms with Gasteiger partial charge < -0.3 is 4.81 Å². The Hall–Kier alpha value is -0.675. The van der Waals surface area contributed by atoms with Gasteiger partial charge >= 0.3 is 12.1 Å². The number of carbonyl (C=O) groups excluding carboxylic acids is 1. The minimum Gasteiger partial charge on any atom is -0.392 e. The maximum atomic E-state index is 11.2. The average Bonchev–Trinajstić information content (AvgIpc) is 1.62. The van der Waals surface area contributed by atoms with Crippen molar-refractivity contribution < 1.29 is 18.0 Å². The summed E-state index contributed by atoms with van der Waals surface area (Å²) in [5.41, 5.74) is 0. The van der Waals surface area contributed by atoms with Crippen LogP contribution in [0.15, 0.2) is 0 Å². The molecule has 50 valence electrons. The third-order valence-corrected chi connectivity index (χ3v) is 0.563. The Labute approximate surface area is 51.1 Å². The predicted molar refractivity (Wildman–Crippen MR) is 24.6 cm³/mol. The largest absolute Gasteiger partial charge is 0.470 e. The van der Waals surface area contributed by atoms with Crippen LogP contribution in [-0.4, -0.2) is 31.9 Å². The lowest BCUT2D eigenvalue weighted by molar-refractivity contribution is -0.179. The Kier molecular flexibility index (Phi) is 2.11. The van der Waals surface area contributed by atoms with Crippen LogP contribution in [0.25, 0.3) is 0 Å². The molecular formula is C3H3BF3NO. The van der Waals surface area contributed by atoms with Crippen molar-refractivity contribution in [2.45, 2.75) is 6.18 Å². The van der Waals surface area contributed by atoms with Crippen molar-refractivity contribution in [2.24, 2.45) is 0 Å². The van der Waals surface area contributed by atoms with E-state index in [9.17, 15) is 18.0 Å². The summed E-state index contributed by atoms with van der Waals surface area (Å²) in [6.07, 6.45) is -4.86. The minimum absolute atomic E-state index is 0.0139. The van der Waals surface area contributed by atoms with E-state index < -0.39 is 12.1 Å². The van der Waals surface area contributed by atoms with Gasteiger partial charge in [0.25, 0.3) is 0 Å². The molecule has 0 rings (SSSR count). The Bertz CT molecular complexity index is 121. The second-order valence-electron chi connectivity index (χ2n) is 1.41. The summed E-state index contributed by atoms with van der Waals surface area (Å²) in [7, 11) is 5.32. The molecule has 0 aromatic heterocycles. The third-order valence-electron chi connectivity index (χ3n) is 0.563. The van der Waals surface area contributed by atoms with Gasteiger partial charge in [0, 0.05) is 0 Å². The number of rotatable bonds is 0. The second-order valence-corrected chi connectivity index (χ2v) is 1.41. The van der Waals surface area contributed by atoms with Crippen molar-refractivity contribution in [1.29, 1.82) is 0 Å². The standard InChI is InChI=1S/C3H3BF3NO/c1-8(4)2(9)3(5,6)7/h1H3. The molecule has 0 saturated heterocycles. The molecule has 0 heterocycles. The summed E-state index contributed by atoms with van der Waals surface area (Å²) in [4.78, 5) is 9.83. The van der Waals surface area contributed by atoms with Gasteiger partial charge in [-0.1, -0.05) is 0 Å². The van der Waals surface area contributed by atoms with Crippen molar-refractivity contribution >= 4 is 13.9 Å². The van der Waals surface area contributed by atoms with Gasteiger partial charge in [-0.05, 0) is 7.05 Å². The summed E-state index contributed by atoms with van der Waals surface area (Å²) in [5, 5.41) is 0. The van der Waals surface area contributed by atoms with Gasteiger partial charge in [0.1, 0.15) is 0 Å². The van der Waals surface area contributed by atoms with E-state index in [0.717, 1.165) is 7.05 Å². The highest BCUT2D eigenvalue weighted by Gasteiger charge is 2.39. The smallest absolute Gasteiger partial charge is 0.392 e. The Morgan fingerprint density at radius 2 is 1.89 bits per heavy atom. The lowest BCUT2D eigenvalue weighted by atomic mass is 10.3. The van der Waals surface area contributed by atoms with Crippen LogP contribution in [0.5, 0.6) is 0 Å². The third kappa shape index (κ3) is 2.39. The molecule has 0 saturated carbocycles. The first-order valence-corrected chi connectivity index (χ1v) is 1.95. The van der Waals surface area contributed by atoms with Gasteiger partial charge in [-0.25, -0.2) is 0 Å². The van der Waals surface area contributed by atoms with E-state index in [4.69, 9.17) is 0 Å². The molecule has 2 radical (unpaired) electrons. The first-order valence-electron chi connectivity index (χ1n) is 1.95. The molecule has 9 heavy (non-hydrogen) atoms. The average molecular weight is 137 g/mol. The maximum absolute atomic E-state index is 11.2. The van der Waals surface area contributed by atoms with Crippen LogP contribution in [-0.2, 0) is 4.79 Å². The van der Waals surface area contributed by atoms with Crippen molar-refractivity contribution in [3.8, 4) is 0 Å². The van der Waals surface area contributed by atoms with Crippen LogP contribution in [0.4, 0.5) is 13.2 Å². The van der Waals surface area contributed by atoms with Crippen molar-refractivity contribution in [3.05, 3.63) is 0 Å². The monoisotopic (exact) mass is 137 g/mol. The molecular weight excluding hydrogens is 134 g/mol. The van der Waals surface area contributed by atoms with E-state index in [1.165, 1.54) is 0 Å². The number of amides is 1. The topological polar surface area (TPSA) is 20.3 Å². The van der Waals surface area contributed by atoms with Gasteiger partial charge in [0.05, 0.1) is 0 Å². The molecule has 2 nitrogen and oxygen atoms in total. The van der Waals surface area contributed by atoms with Crippen LogP contribution >= 0.6 is 0 Å². The van der Waals surface area contributed by atoms with Gasteiger partial charge in [-0.15, -0.1) is 0 Å². The van der Waals surface area contributed by atoms with Gasteiger partial charge in [0.15, 0.2) is 0 Å². The summed E-state index contributed by atoms with van der Waals surface area (Å²) in [5.74, 6) is -2.05. The molecule has 6 heteroatoms. The quantitative estimate of drug-likeness (QED) is 0.433. The van der Waals surface area contributed by atoms with Gasteiger partial charge in [-0.2, -0.15) is 13.2 Å². The van der Waals surface area contributed by atoms with E-state index in [0.29, 0.717) is 0 Å². The number of alkyl halides is 3. The van der Waals surface area contributed by atoms with Crippen LogP contribution < -0.4 is 0 Å². The predicted octanol–water partition coefficient (Wildman–Crippen LogP) is 0.0906. The zero-order chi connectivity index (χ0) is 7.65. The summed E-state index contributed by atoms with van der Waals surface area (Å²) >= 11 is 0. The highest BCUT2D eigenvalue weighted by atomic mass is 19.4. The molecule has 0 aliphatic carbocycles. The lowest BCUT2D eigenvalue weighted by Gasteiger charge is -2.12. The molecule has 0 bridgehead atoms. The first-order chi connectivity index (χ1) is 3.85. The zero-order valence-corrected chi connectivity index (χ0v) is 4.57. The van der Waals surface area contributed by atoms with Crippen molar-refractivity contribution in [2.75, 3.05) is 7.05 Å². The zero-order valence-electron chi connectivity index (χ0n) is 4.57. The summed E-state index contributed by atoms with van der Waals surface area (Å²) in [6.45, 7) is 0. The molecule has 1 amide bonds. The first kappa shape index (κ1) is 8.32. The maximum Gasteiger partial charge on any atom is 0.470 e. The lowest BCUT2D eigenvalue weighted by Crippen LogP contribution is -2.36. The fourth-order valence-corrected chi connectivity index (χ4v) is 0.200. The van der Waals surface area contributed by atoms with E-state index >= 15 is 0 Å². The van der Waals surface area contributed by atoms with E-state index in [2.05, 4.69) is 7.98 Å². The number of carbonyl (C=O) groups is 1. The van der Waals surface area contributed by atoms with Crippen molar-refractivity contribution in [1.82, 2.24) is 4.81 Å². The van der Waals surface area contributed by atoms with E-state index in [-0.39, 0.29) is 4.81 Å². The highest BCUT2D eigenvalue weighted by Crippen LogP contribution is 2.15. The van der Waals surface area contributed by atoms with E-state index in [1.54, 1.807) is 0 Å².